The van der Waals surface area contributed by atoms with Crippen molar-refractivity contribution in [3.05, 3.63) is 29.6 Å². The number of aromatic nitrogens is 1. The molecule has 1 aromatic heterocycles. The number of ether oxygens (including phenoxy) is 1. The molecular formula is C16H24N2O2. The predicted molar refractivity (Wildman–Crippen MR) is 77.6 cm³/mol. The van der Waals surface area contributed by atoms with Gasteiger partial charge in [0.05, 0.1) is 12.7 Å². The maximum atomic E-state index is 9.35. The van der Waals surface area contributed by atoms with E-state index in [9.17, 15) is 5.11 Å². The van der Waals surface area contributed by atoms with E-state index in [1.165, 1.54) is 5.69 Å². The number of morpholine rings is 1. The van der Waals surface area contributed by atoms with Gasteiger partial charge in [-0.3, -0.25) is 9.88 Å². The van der Waals surface area contributed by atoms with Crippen molar-refractivity contribution >= 4 is 0 Å². The van der Waals surface area contributed by atoms with E-state index < -0.39 is 0 Å². The lowest BCUT2D eigenvalue weighted by Crippen LogP contribution is -2.49. The molecule has 0 amide bonds. The van der Waals surface area contributed by atoms with Gasteiger partial charge in [0.2, 0.25) is 0 Å². The van der Waals surface area contributed by atoms with Gasteiger partial charge < -0.3 is 9.84 Å². The minimum Gasteiger partial charge on any atom is -0.396 e. The summed E-state index contributed by atoms with van der Waals surface area (Å²) in [5.41, 5.74) is 2.26. The highest BCUT2D eigenvalue weighted by molar-refractivity contribution is 5.10. The molecule has 0 spiro atoms. The summed E-state index contributed by atoms with van der Waals surface area (Å²) in [5.74, 6) is 0.419. The first-order valence-corrected chi connectivity index (χ1v) is 7.65. The first kappa shape index (κ1) is 14.0. The van der Waals surface area contributed by atoms with Crippen LogP contribution in [0.4, 0.5) is 0 Å². The number of hydrogen-bond donors (Lipinski definition) is 1. The number of rotatable bonds is 4. The Kier molecular flexibility index (Phi) is 4.34. The minimum atomic E-state index is 0.295. The van der Waals surface area contributed by atoms with Crippen LogP contribution in [0, 0.1) is 12.8 Å². The lowest BCUT2D eigenvalue weighted by molar-refractivity contribution is -0.0553. The Morgan fingerprint density at radius 3 is 3.10 bits per heavy atom. The van der Waals surface area contributed by atoms with Crippen molar-refractivity contribution in [1.29, 1.82) is 0 Å². The van der Waals surface area contributed by atoms with Crippen LogP contribution in [0.5, 0.6) is 0 Å². The molecule has 20 heavy (non-hydrogen) atoms. The number of aryl methyl sites for hydroxylation is 1. The molecule has 1 saturated carbocycles. The lowest BCUT2D eigenvalue weighted by atomic mass is 10.1. The Balaban J connectivity index is 1.59. The minimum absolute atomic E-state index is 0.295. The Morgan fingerprint density at radius 1 is 1.40 bits per heavy atom. The van der Waals surface area contributed by atoms with Crippen LogP contribution >= 0.6 is 0 Å². The molecule has 3 rings (SSSR count). The van der Waals surface area contributed by atoms with Gasteiger partial charge in [-0.05, 0) is 37.8 Å². The summed E-state index contributed by atoms with van der Waals surface area (Å²) in [7, 11) is 0. The fourth-order valence-electron chi connectivity index (χ4n) is 3.55. The largest absolute Gasteiger partial charge is 0.396 e. The van der Waals surface area contributed by atoms with Crippen molar-refractivity contribution in [2.45, 2.75) is 38.3 Å². The molecule has 2 fully saturated rings. The number of pyridine rings is 1. The van der Waals surface area contributed by atoms with E-state index in [0.29, 0.717) is 24.7 Å². The van der Waals surface area contributed by atoms with Crippen LogP contribution in [0.25, 0.3) is 0 Å². The molecular weight excluding hydrogens is 252 g/mol. The van der Waals surface area contributed by atoms with E-state index in [1.54, 1.807) is 0 Å². The Labute approximate surface area is 120 Å². The molecule has 2 heterocycles. The maximum absolute atomic E-state index is 9.35. The standard InChI is InChI=1S/C16H24N2O2/c1-12-3-2-4-14(17-12)5-6-18-7-8-20-16-10-13(11-19)9-15(16)18/h2-4,13,15-16,19H,5-11H2,1H3/t13-,15+,16+/m1/s1. The maximum Gasteiger partial charge on any atom is 0.0734 e. The van der Waals surface area contributed by atoms with Gasteiger partial charge in [0.25, 0.3) is 0 Å². The van der Waals surface area contributed by atoms with E-state index in [0.717, 1.165) is 44.7 Å². The number of aliphatic hydroxyl groups excluding tert-OH is 1. The van der Waals surface area contributed by atoms with E-state index in [-0.39, 0.29) is 0 Å². The highest BCUT2D eigenvalue weighted by Crippen LogP contribution is 2.33. The van der Waals surface area contributed by atoms with Gasteiger partial charge >= 0.3 is 0 Å². The fourth-order valence-corrected chi connectivity index (χ4v) is 3.55. The van der Waals surface area contributed by atoms with Crippen LogP contribution in [-0.2, 0) is 11.2 Å². The summed E-state index contributed by atoms with van der Waals surface area (Å²) >= 11 is 0. The average Bonchev–Trinajstić information content (AvgIpc) is 2.89. The van der Waals surface area contributed by atoms with Crippen LogP contribution in [-0.4, -0.2) is 53.4 Å². The number of nitrogens with zero attached hydrogens (tertiary/aromatic N) is 2. The molecule has 0 aromatic carbocycles. The summed E-state index contributed by atoms with van der Waals surface area (Å²) in [6.07, 6.45) is 3.41. The smallest absolute Gasteiger partial charge is 0.0734 e. The zero-order valence-corrected chi connectivity index (χ0v) is 12.2. The third-order valence-electron chi connectivity index (χ3n) is 4.61. The molecule has 4 nitrogen and oxygen atoms in total. The van der Waals surface area contributed by atoms with Gasteiger partial charge in [-0.2, -0.15) is 0 Å². The quantitative estimate of drug-likeness (QED) is 0.903. The molecule has 2 aliphatic rings. The third kappa shape index (κ3) is 3.03. The highest BCUT2D eigenvalue weighted by Gasteiger charge is 2.40. The van der Waals surface area contributed by atoms with E-state index in [2.05, 4.69) is 22.0 Å². The van der Waals surface area contributed by atoms with Gasteiger partial charge in [-0.1, -0.05) is 6.07 Å². The molecule has 0 radical (unpaired) electrons. The second-order valence-corrected chi connectivity index (χ2v) is 6.05. The van der Waals surface area contributed by atoms with Gasteiger partial charge in [-0.25, -0.2) is 0 Å². The van der Waals surface area contributed by atoms with Crippen LogP contribution in [0.15, 0.2) is 18.2 Å². The molecule has 1 aliphatic heterocycles. The van der Waals surface area contributed by atoms with Crippen LogP contribution in [0.3, 0.4) is 0 Å². The van der Waals surface area contributed by atoms with Crippen LogP contribution in [0.2, 0.25) is 0 Å². The summed E-state index contributed by atoms with van der Waals surface area (Å²) in [6, 6.07) is 6.72. The van der Waals surface area contributed by atoms with Gasteiger partial charge in [0.1, 0.15) is 0 Å². The van der Waals surface area contributed by atoms with Crippen molar-refractivity contribution in [3.63, 3.8) is 0 Å². The van der Waals surface area contributed by atoms with Crippen molar-refractivity contribution in [1.82, 2.24) is 9.88 Å². The lowest BCUT2D eigenvalue weighted by Gasteiger charge is -2.37. The Morgan fingerprint density at radius 2 is 2.30 bits per heavy atom. The Bertz CT molecular complexity index is 452. The van der Waals surface area contributed by atoms with E-state index in [1.807, 2.05) is 13.0 Å². The molecule has 1 aromatic rings. The van der Waals surface area contributed by atoms with Crippen LogP contribution in [0.1, 0.15) is 24.2 Å². The number of hydrogen-bond acceptors (Lipinski definition) is 4. The third-order valence-corrected chi connectivity index (χ3v) is 4.61. The average molecular weight is 276 g/mol. The normalized spacial score (nSPS) is 30.4. The zero-order chi connectivity index (χ0) is 13.9. The molecule has 110 valence electrons. The summed E-state index contributed by atoms with van der Waals surface area (Å²) in [4.78, 5) is 7.11. The summed E-state index contributed by atoms with van der Waals surface area (Å²) < 4.78 is 5.87. The molecule has 1 N–H and O–H groups in total. The number of fused-ring (bicyclic) bond motifs is 1. The predicted octanol–water partition coefficient (Wildman–Crippen LogP) is 1.40. The first-order chi connectivity index (χ1) is 9.76. The fraction of sp³-hybridized carbons (Fsp3) is 0.688. The van der Waals surface area contributed by atoms with Crippen LogP contribution < -0.4 is 0 Å². The van der Waals surface area contributed by atoms with E-state index in [4.69, 9.17) is 4.74 Å². The van der Waals surface area contributed by atoms with Gasteiger partial charge in [-0.15, -0.1) is 0 Å². The van der Waals surface area contributed by atoms with Crippen molar-refractivity contribution in [2.75, 3.05) is 26.3 Å². The highest BCUT2D eigenvalue weighted by atomic mass is 16.5. The topological polar surface area (TPSA) is 45.6 Å². The molecule has 0 unspecified atom stereocenters. The Hall–Kier alpha value is -0.970. The SMILES string of the molecule is Cc1cccc(CCN2CCO[C@H]3C[C@H](CO)C[C@@H]32)n1. The second-order valence-electron chi connectivity index (χ2n) is 6.05. The molecule has 3 atom stereocenters. The second kappa shape index (κ2) is 6.20. The molecule has 0 bridgehead atoms. The van der Waals surface area contributed by atoms with Crippen molar-refractivity contribution in [3.8, 4) is 0 Å². The molecule has 4 heteroatoms. The van der Waals surface area contributed by atoms with Gasteiger partial charge in [0.15, 0.2) is 0 Å². The monoisotopic (exact) mass is 276 g/mol. The van der Waals surface area contributed by atoms with E-state index >= 15 is 0 Å². The first-order valence-electron chi connectivity index (χ1n) is 7.65. The summed E-state index contributed by atoms with van der Waals surface area (Å²) in [5, 5.41) is 9.35. The van der Waals surface area contributed by atoms with Crippen molar-refractivity contribution < 1.29 is 9.84 Å². The zero-order valence-electron chi connectivity index (χ0n) is 12.2. The molecule has 1 saturated heterocycles. The van der Waals surface area contributed by atoms with Gasteiger partial charge in [0, 0.05) is 43.5 Å². The number of aliphatic hydroxyl groups is 1. The van der Waals surface area contributed by atoms with Crippen molar-refractivity contribution in [2.24, 2.45) is 5.92 Å². The molecule has 1 aliphatic carbocycles. The summed E-state index contributed by atoms with van der Waals surface area (Å²) in [6.45, 7) is 5.20.